The Balaban J connectivity index is 2.04. The van der Waals surface area contributed by atoms with Gasteiger partial charge in [-0.05, 0) is 48.2 Å². The quantitative estimate of drug-likeness (QED) is 0.752. The Labute approximate surface area is 126 Å². The Kier molecular flexibility index (Phi) is 5.08. The molecule has 3 nitrogen and oxygen atoms in total. The normalized spacial score (nSPS) is 13.5. The van der Waals surface area contributed by atoms with Crippen LogP contribution in [-0.4, -0.2) is 6.66 Å². The molecule has 1 N–H and O–H groups in total. The number of nitrogens with one attached hydrogen (secondary N) is 1. The summed E-state index contributed by atoms with van der Waals surface area (Å²) in [5, 5.41) is 2.98. The van der Waals surface area contributed by atoms with Crippen molar-refractivity contribution in [2.75, 3.05) is 11.8 Å². The lowest BCUT2D eigenvalue weighted by molar-refractivity contribution is 0.493. The topological polar surface area (TPSA) is 38.3 Å². The molecule has 0 heterocycles. The van der Waals surface area contributed by atoms with Gasteiger partial charge in [0.15, 0.2) is 0 Å². The average molecular weight is 303 g/mol. The molecule has 0 unspecified atom stereocenters. The SMILES string of the molecule is CCc1ccc(N[P@](C)(=O)Oc2ccc(CC)cc2)cc1. The molecule has 2 aromatic carbocycles. The zero-order chi connectivity index (χ0) is 15.3. The first-order chi connectivity index (χ1) is 10.0. The lowest BCUT2D eigenvalue weighted by Gasteiger charge is -2.17. The van der Waals surface area contributed by atoms with Crippen LogP contribution in [0.1, 0.15) is 25.0 Å². The van der Waals surface area contributed by atoms with Crippen LogP contribution in [0, 0.1) is 0 Å². The molecule has 1 atom stereocenters. The largest absolute Gasteiger partial charge is 0.429 e. The first kappa shape index (κ1) is 15.7. The maximum Gasteiger partial charge on any atom is 0.338 e. The number of benzene rings is 2. The Morgan fingerprint density at radius 1 is 0.905 bits per heavy atom. The fourth-order valence-corrected chi connectivity index (χ4v) is 3.25. The fourth-order valence-electron chi connectivity index (χ4n) is 2.06. The van der Waals surface area contributed by atoms with E-state index in [1.807, 2.05) is 48.5 Å². The number of hydrogen-bond acceptors (Lipinski definition) is 2. The van der Waals surface area contributed by atoms with Crippen molar-refractivity contribution in [3.05, 3.63) is 59.7 Å². The number of hydrogen-bond donors (Lipinski definition) is 1. The summed E-state index contributed by atoms with van der Waals surface area (Å²) in [5.74, 6) is 0.621. The highest BCUT2D eigenvalue weighted by molar-refractivity contribution is 7.60. The molecule has 0 fully saturated rings. The standard InChI is InChI=1S/C17H22NO2P/c1-4-14-6-10-16(11-7-14)18-21(3,19)20-17-12-8-15(5-2)9-13-17/h6-13H,4-5H2,1-3H3,(H,18,19)/t21-/m1/s1. The van der Waals surface area contributed by atoms with Crippen molar-refractivity contribution in [2.24, 2.45) is 0 Å². The minimum Gasteiger partial charge on any atom is -0.429 e. The Bertz CT molecular complexity index is 567. The molecule has 0 aliphatic carbocycles. The first-order valence-electron chi connectivity index (χ1n) is 7.25. The van der Waals surface area contributed by atoms with E-state index in [-0.39, 0.29) is 0 Å². The molecule has 0 spiro atoms. The number of rotatable bonds is 6. The van der Waals surface area contributed by atoms with Crippen LogP contribution in [0.15, 0.2) is 48.5 Å². The summed E-state index contributed by atoms with van der Waals surface area (Å²) in [7, 11) is -2.93. The molecule has 2 aromatic rings. The minimum atomic E-state index is -2.93. The van der Waals surface area contributed by atoms with Gasteiger partial charge >= 0.3 is 7.52 Å². The fraction of sp³-hybridized carbons (Fsp3) is 0.294. The first-order valence-corrected chi connectivity index (χ1v) is 9.33. The lowest BCUT2D eigenvalue weighted by atomic mass is 10.2. The van der Waals surface area contributed by atoms with E-state index in [1.54, 1.807) is 6.66 Å². The van der Waals surface area contributed by atoms with E-state index in [4.69, 9.17) is 4.52 Å². The molecule has 112 valence electrons. The van der Waals surface area contributed by atoms with Gasteiger partial charge in [-0.3, -0.25) is 4.57 Å². The van der Waals surface area contributed by atoms with E-state index in [9.17, 15) is 4.57 Å². The van der Waals surface area contributed by atoms with Crippen molar-refractivity contribution >= 4 is 13.2 Å². The summed E-state index contributed by atoms with van der Waals surface area (Å²) < 4.78 is 18.1. The molecule has 0 radical (unpaired) electrons. The van der Waals surface area contributed by atoms with Gasteiger partial charge in [-0.2, -0.15) is 0 Å². The summed E-state index contributed by atoms with van der Waals surface area (Å²) in [4.78, 5) is 0. The van der Waals surface area contributed by atoms with E-state index in [0.29, 0.717) is 5.75 Å². The molecule has 0 saturated heterocycles. The van der Waals surface area contributed by atoms with Gasteiger partial charge in [0.2, 0.25) is 0 Å². The summed E-state index contributed by atoms with van der Waals surface area (Å²) in [6.45, 7) is 5.80. The summed E-state index contributed by atoms with van der Waals surface area (Å²) in [6, 6.07) is 15.6. The van der Waals surface area contributed by atoms with Crippen molar-refractivity contribution in [2.45, 2.75) is 26.7 Å². The highest BCUT2D eigenvalue weighted by Gasteiger charge is 2.17. The van der Waals surface area contributed by atoms with Crippen LogP contribution >= 0.6 is 7.52 Å². The van der Waals surface area contributed by atoms with Crippen LogP contribution in [-0.2, 0) is 17.4 Å². The second-order valence-electron chi connectivity index (χ2n) is 5.10. The molecule has 0 saturated carbocycles. The van der Waals surface area contributed by atoms with Gasteiger partial charge < -0.3 is 9.61 Å². The third-order valence-electron chi connectivity index (χ3n) is 3.31. The summed E-state index contributed by atoms with van der Waals surface area (Å²) in [6.07, 6.45) is 1.97. The molecular weight excluding hydrogens is 281 g/mol. The summed E-state index contributed by atoms with van der Waals surface area (Å²) in [5.41, 5.74) is 3.29. The van der Waals surface area contributed by atoms with E-state index in [1.165, 1.54) is 11.1 Å². The third kappa shape index (κ3) is 4.64. The number of aryl methyl sites for hydroxylation is 2. The minimum absolute atomic E-state index is 0.621. The molecule has 0 aliphatic rings. The van der Waals surface area contributed by atoms with Crippen LogP contribution in [0.5, 0.6) is 5.75 Å². The van der Waals surface area contributed by atoms with Gasteiger partial charge in [-0.15, -0.1) is 0 Å². The predicted octanol–water partition coefficient (Wildman–Crippen LogP) is 5.13. The van der Waals surface area contributed by atoms with Gasteiger partial charge in [0.1, 0.15) is 5.75 Å². The molecule has 0 amide bonds. The molecule has 0 aliphatic heterocycles. The van der Waals surface area contributed by atoms with Crippen LogP contribution in [0.4, 0.5) is 5.69 Å². The van der Waals surface area contributed by atoms with Crippen molar-refractivity contribution in [1.29, 1.82) is 0 Å². The third-order valence-corrected chi connectivity index (χ3v) is 4.53. The van der Waals surface area contributed by atoms with E-state index < -0.39 is 7.52 Å². The van der Waals surface area contributed by atoms with Crippen molar-refractivity contribution in [3.63, 3.8) is 0 Å². The molecule has 2 rings (SSSR count). The van der Waals surface area contributed by atoms with Crippen molar-refractivity contribution < 1.29 is 9.09 Å². The average Bonchev–Trinajstić information content (AvgIpc) is 2.48. The molecule has 21 heavy (non-hydrogen) atoms. The van der Waals surface area contributed by atoms with E-state index in [2.05, 4.69) is 18.9 Å². The van der Waals surface area contributed by atoms with E-state index in [0.717, 1.165) is 18.5 Å². The zero-order valence-corrected chi connectivity index (χ0v) is 13.7. The Morgan fingerprint density at radius 3 is 1.86 bits per heavy atom. The highest BCUT2D eigenvalue weighted by Crippen LogP contribution is 2.43. The molecule has 4 heteroatoms. The van der Waals surface area contributed by atoms with Gasteiger partial charge in [0.25, 0.3) is 0 Å². The van der Waals surface area contributed by atoms with Crippen LogP contribution in [0.2, 0.25) is 0 Å². The highest BCUT2D eigenvalue weighted by atomic mass is 31.2. The smallest absolute Gasteiger partial charge is 0.338 e. The Hall–Kier alpha value is -1.73. The number of anilines is 1. The second-order valence-corrected chi connectivity index (χ2v) is 7.19. The van der Waals surface area contributed by atoms with Crippen LogP contribution < -0.4 is 9.61 Å². The molecule has 0 aromatic heterocycles. The maximum atomic E-state index is 12.5. The van der Waals surface area contributed by atoms with Crippen molar-refractivity contribution in [3.8, 4) is 5.75 Å². The monoisotopic (exact) mass is 303 g/mol. The maximum absolute atomic E-state index is 12.5. The van der Waals surface area contributed by atoms with Gasteiger partial charge in [0.05, 0.1) is 0 Å². The lowest BCUT2D eigenvalue weighted by Crippen LogP contribution is -2.02. The van der Waals surface area contributed by atoms with Gasteiger partial charge in [0, 0.05) is 12.4 Å². The van der Waals surface area contributed by atoms with Crippen LogP contribution in [0.3, 0.4) is 0 Å². The van der Waals surface area contributed by atoms with Gasteiger partial charge in [-0.1, -0.05) is 38.1 Å². The predicted molar refractivity (Wildman–Crippen MR) is 89.4 cm³/mol. The van der Waals surface area contributed by atoms with E-state index >= 15 is 0 Å². The van der Waals surface area contributed by atoms with Crippen molar-refractivity contribution in [1.82, 2.24) is 0 Å². The van der Waals surface area contributed by atoms with Gasteiger partial charge in [-0.25, -0.2) is 0 Å². The molecular formula is C17H22NO2P. The zero-order valence-electron chi connectivity index (χ0n) is 12.8. The summed E-state index contributed by atoms with van der Waals surface area (Å²) >= 11 is 0. The second kappa shape index (κ2) is 6.82. The Morgan fingerprint density at radius 2 is 1.38 bits per heavy atom. The van der Waals surface area contributed by atoms with Crippen LogP contribution in [0.25, 0.3) is 0 Å². The molecule has 0 bridgehead atoms.